The van der Waals surface area contributed by atoms with E-state index in [0.717, 1.165) is 0 Å². The summed E-state index contributed by atoms with van der Waals surface area (Å²) in [6.45, 7) is 0. The SMILES string of the molecule is FC(F)(F)c1[c-]c[c-]c(C(F)(F)F)n1.[Rb+].[Rb+]. The predicted octanol–water partition coefficient (Wildman–Crippen LogP) is -3.27. The molecule has 0 amide bonds. The van der Waals surface area contributed by atoms with Crippen LogP contribution in [-0.2, 0) is 12.4 Å². The first-order valence-corrected chi connectivity index (χ1v) is 3.16. The van der Waals surface area contributed by atoms with E-state index < -0.39 is 23.7 Å². The summed E-state index contributed by atoms with van der Waals surface area (Å²) in [6.07, 6.45) is -9.87. The first-order valence-electron chi connectivity index (χ1n) is 3.16. The van der Waals surface area contributed by atoms with Crippen LogP contribution in [-0.4, -0.2) is 4.98 Å². The first-order chi connectivity index (χ1) is 6.21. The molecule has 0 aliphatic rings. The van der Waals surface area contributed by atoms with Crippen molar-refractivity contribution in [2.45, 2.75) is 12.4 Å². The van der Waals surface area contributed by atoms with Crippen LogP contribution in [0.2, 0.25) is 0 Å². The summed E-state index contributed by atoms with van der Waals surface area (Å²) in [7, 11) is 0. The van der Waals surface area contributed by atoms with Crippen molar-refractivity contribution in [3.8, 4) is 0 Å². The van der Waals surface area contributed by atoms with Crippen LogP contribution in [0.15, 0.2) is 6.07 Å². The molecule has 1 nitrogen and oxygen atoms in total. The summed E-state index contributed by atoms with van der Waals surface area (Å²) >= 11 is 0. The smallest absolute Gasteiger partial charge is 0.477 e. The fraction of sp³-hybridized carbons (Fsp3) is 0.286. The summed E-state index contributed by atoms with van der Waals surface area (Å²) in [5, 5.41) is 0. The Balaban J connectivity index is 0. The van der Waals surface area contributed by atoms with Crippen LogP contribution in [0.3, 0.4) is 0 Å². The zero-order valence-electron chi connectivity index (χ0n) is 8.29. The Kier molecular flexibility index (Phi) is 10.1. The normalized spacial score (nSPS) is 11.4. The van der Waals surface area contributed by atoms with E-state index in [0.29, 0.717) is 6.07 Å². The van der Waals surface area contributed by atoms with Crippen LogP contribution < -0.4 is 116 Å². The number of nitrogens with zero attached hydrogens (tertiary/aromatic N) is 1. The number of aromatic nitrogens is 1. The summed E-state index contributed by atoms with van der Waals surface area (Å²) in [5.74, 6) is 0. The van der Waals surface area contributed by atoms with Gasteiger partial charge in [-0.25, -0.2) is 0 Å². The van der Waals surface area contributed by atoms with E-state index >= 15 is 0 Å². The maximum Gasteiger partial charge on any atom is 1.00 e. The zero-order valence-corrected chi connectivity index (χ0v) is 18.1. The molecular formula is C7HF6NRb2. The second kappa shape index (κ2) is 7.81. The molecule has 0 atom stereocenters. The fourth-order valence-electron chi connectivity index (χ4n) is 0.640. The molecule has 0 aromatic carbocycles. The van der Waals surface area contributed by atoms with Crippen molar-refractivity contribution in [2.75, 3.05) is 0 Å². The number of rotatable bonds is 0. The van der Waals surface area contributed by atoms with Gasteiger partial charge in [-0.2, -0.15) is 26.3 Å². The molecule has 1 heterocycles. The van der Waals surface area contributed by atoms with Crippen molar-refractivity contribution in [1.29, 1.82) is 0 Å². The minimum Gasteiger partial charge on any atom is -0.477 e. The minimum atomic E-state index is -4.94. The molecule has 0 fully saturated rings. The largest absolute Gasteiger partial charge is 1.00 e. The molecule has 0 saturated carbocycles. The number of pyridine rings is 1. The second-order valence-electron chi connectivity index (χ2n) is 2.24. The Labute approximate surface area is 185 Å². The molecule has 1 aromatic rings. The summed E-state index contributed by atoms with van der Waals surface area (Å²) in [6, 6.07) is 3.47. The van der Waals surface area contributed by atoms with Gasteiger partial charge in [-0.3, -0.25) is 0 Å². The molecule has 0 radical (unpaired) electrons. The van der Waals surface area contributed by atoms with E-state index in [2.05, 4.69) is 4.98 Å². The van der Waals surface area contributed by atoms with Gasteiger partial charge < -0.3 is 23.2 Å². The topological polar surface area (TPSA) is 12.9 Å². The molecule has 1 rings (SSSR count). The van der Waals surface area contributed by atoms with E-state index in [4.69, 9.17) is 0 Å². The van der Waals surface area contributed by atoms with Crippen molar-refractivity contribution in [1.82, 2.24) is 4.98 Å². The van der Waals surface area contributed by atoms with Gasteiger partial charge in [0.05, 0.1) is 0 Å². The van der Waals surface area contributed by atoms with Crippen LogP contribution in [0.5, 0.6) is 0 Å². The third kappa shape index (κ3) is 6.49. The van der Waals surface area contributed by atoms with Gasteiger partial charge in [0.15, 0.2) is 0 Å². The molecule has 0 unspecified atom stereocenters. The maximum absolute atomic E-state index is 11.9. The number of hydrogen-bond donors (Lipinski definition) is 0. The van der Waals surface area contributed by atoms with E-state index in [9.17, 15) is 26.3 Å². The number of hydrogen-bond acceptors (Lipinski definition) is 1. The van der Waals surface area contributed by atoms with Crippen molar-refractivity contribution in [2.24, 2.45) is 0 Å². The quantitative estimate of drug-likeness (QED) is 0.338. The molecule has 0 spiro atoms. The van der Waals surface area contributed by atoms with E-state index in [1.807, 2.05) is 0 Å². The molecule has 1 aromatic heterocycles. The summed E-state index contributed by atoms with van der Waals surface area (Å²) in [4.78, 5) is 2.35. The third-order valence-corrected chi connectivity index (χ3v) is 1.18. The van der Waals surface area contributed by atoms with Crippen molar-refractivity contribution in [3.05, 3.63) is 29.6 Å². The van der Waals surface area contributed by atoms with Crippen molar-refractivity contribution < 1.29 is 143 Å². The summed E-state index contributed by atoms with van der Waals surface area (Å²) < 4.78 is 71.3. The van der Waals surface area contributed by atoms with Crippen LogP contribution >= 0.6 is 0 Å². The Hall–Kier alpha value is 2.34. The molecule has 0 N–H and O–H groups in total. The monoisotopic (exact) mass is 383 g/mol. The standard InChI is InChI=1S/C7HF6N.2Rb/c8-6(9,10)4-2-1-3-5(14-4)7(11,12)13;;/h1H;;/q-2;2*+1. The van der Waals surface area contributed by atoms with Crippen LogP contribution in [0.4, 0.5) is 26.3 Å². The minimum absolute atomic E-state index is 0. The van der Waals surface area contributed by atoms with Crippen LogP contribution in [0, 0.1) is 12.1 Å². The maximum atomic E-state index is 11.9. The van der Waals surface area contributed by atoms with Gasteiger partial charge in [0, 0.05) is 0 Å². The van der Waals surface area contributed by atoms with E-state index in [1.54, 1.807) is 0 Å². The van der Waals surface area contributed by atoms with Gasteiger partial charge in [0.25, 0.3) is 0 Å². The van der Waals surface area contributed by atoms with Gasteiger partial charge in [-0.15, -0.1) is 0 Å². The molecule has 0 saturated heterocycles. The Morgan fingerprint density at radius 2 is 1.12 bits per heavy atom. The molecule has 0 bridgehead atoms. The molecule has 0 aliphatic heterocycles. The van der Waals surface area contributed by atoms with Gasteiger partial charge in [0.1, 0.15) is 0 Å². The fourth-order valence-corrected chi connectivity index (χ4v) is 0.640. The molecule has 0 aliphatic carbocycles. The number of halogens is 6. The Morgan fingerprint density at radius 3 is 1.38 bits per heavy atom. The summed E-state index contributed by atoms with van der Waals surface area (Å²) in [5.41, 5.74) is -3.41. The Morgan fingerprint density at radius 1 is 0.812 bits per heavy atom. The van der Waals surface area contributed by atoms with Crippen LogP contribution in [0.1, 0.15) is 11.4 Å². The van der Waals surface area contributed by atoms with Crippen LogP contribution in [0.25, 0.3) is 0 Å². The molecule has 16 heavy (non-hydrogen) atoms. The van der Waals surface area contributed by atoms with Gasteiger partial charge in [-0.05, 0) is 11.4 Å². The first kappa shape index (κ1) is 20.7. The van der Waals surface area contributed by atoms with Crippen molar-refractivity contribution in [3.63, 3.8) is 0 Å². The average molecular weight is 384 g/mol. The van der Waals surface area contributed by atoms with Gasteiger partial charge in [-0.1, -0.05) is 0 Å². The van der Waals surface area contributed by atoms with E-state index in [1.165, 1.54) is 12.1 Å². The molecule has 9 heteroatoms. The zero-order chi connectivity index (χ0) is 11.0. The van der Waals surface area contributed by atoms with E-state index in [-0.39, 0.29) is 116 Å². The van der Waals surface area contributed by atoms with Crippen molar-refractivity contribution >= 4 is 0 Å². The average Bonchev–Trinajstić information content (AvgIpc) is 2.01. The Bertz CT molecular complexity index is 305. The second-order valence-corrected chi connectivity index (χ2v) is 2.24. The van der Waals surface area contributed by atoms with Gasteiger partial charge in [0.2, 0.25) is 0 Å². The van der Waals surface area contributed by atoms with Gasteiger partial charge >= 0.3 is 129 Å². The molecule has 78 valence electrons. The predicted molar refractivity (Wildman–Crippen MR) is 31.9 cm³/mol. The number of alkyl halides is 6. The molecular weight excluding hydrogens is 383 g/mol. The third-order valence-electron chi connectivity index (χ3n) is 1.18.